The summed E-state index contributed by atoms with van der Waals surface area (Å²) in [4.78, 5) is 16.2. The number of benzene rings is 1. The molecule has 0 radical (unpaired) electrons. The Balaban J connectivity index is 2.13. The molecule has 0 saturated carbocycles. The van der Waals surface area contributed by atoms with Gasteiger partial charge in [-0.25, -0.2) is 0 Å². The maximum absolute atomic E-state index is 12.7. The summed E-state index contributed by atoms with van der Waals surface area (Å²) < 4.78 is 0. The number of carbonyl (C=O) groups is 1. The first kappa shape index (κ1) is 15.9. The number of rotatable bonds is 6. The summed E-state index contributed by atoms with van der Waals surface area (Å²) in [7, 11) is 0. The molecule has 1 aromatic carbocycles. The normalized spacial score (nSPS) is 11.1. The lowest BCUT2D eigenvalue weighted by Gasteiger charge is -2.20. The molecule has 1 heterocycles. The van der Waals surface area contributed by atoms with Crippen LogP contribution in [0.25, 0.3) is 0 Å². The average molecular weight is 301 g/mol. The number of thiophene rings is 1. The number of nitrogens with zero attached hydrogens (tertiary/aromatic N) is 1. The second-order valence-corrected chi connectivity index (χ2v) is 6.61. The third kappa shape index (κ3) is 4.02. The molecular formula is C18H23NOS. The van der Waals surface area contributed by atoms with Crippen LogP contribution < -0.4 is 0 Å². The third-order valence-electron chi connectivity index (χ3n) is 3.73. The van der Waals surface area contributed by atoms with E-state index >= 15 is 0 Å². The average Bonchev–Trinajstić information content (AvgIpc) is 2.89. The number of carbonyl (C=O) groups excluding carboxylic acids is 1. The molecule has 2 rings (SSSR count). The first-order valence-corrected chi connectivity index (χ1v) is 8.25. The van der Waals surface area contributed by atoms with Gasteiger partial charge in [-0.05, 0) is 49.9 Å². The maximum Gasteiger partial charge on any atom is 0.177 e. The number of likely N-dealkylation sites (N-methyl/N-ethyl adjacent to an activating group) is 1. The predicted octanol–water partition coefficient (Wildman–Crippen LogP) is 4.38. The van der Waals surface area contributed by atoms with Gasteiger partial charge in [0.1, 0.15) is 0 Å². The minimum Gasteiger partial charge on any atom is -0.293 e. The van der Waals surface area contributed by atoms with Crippen LogP contribution in [0, 0.1) is 20.8 Å². The Morgan fingerprint density at radius 3 is 2.38 bits per heavy atom. The van der Waals surface area contributed by atoms with Crippen LogP contribution in [0.4, 0.5) is 0 Å². The van der Waals surface area contributed by atoms with Gasteiger partial charge in [0.15, 0.2) is 5.78 Å². The molecule has 0 aliphatic carbocycles. The van der Waals surface area contributed by atoms with Gasteiger partial charge in [-0.15, -0.1) is 11.3 Å². The van der Waals surface area contributed by atoms with Crippen molar-refractivity contribution in [3.63, 3.8) is 0 Å². The maximum atomic E-state index is 12.7. The third-order valence-corrected chi connectivity index (χ3v) is 4.59. The van der Waals surface area contributed by atoms with Gasteiger partial charge in [-0.1, -0.05) is 30.7 Å². The van der Waals surface area contributed by atoms with E-state index in [1.165, 1.54) is 10.4 Å². The van der Waals surface area contributed by atoms with Crippen LogP contribution >= 0.6 is 11.3 Å². The zero-order valence-electron chi connectivity index (χ0n) is 13.3. The smallest absolute Gasteiger partial charge is 0.177 e. The zero-order chi connectivity index (χ0) is 15.4. The van der Waals surface area contributed by atoms with Crippen LogP contribution in [0.15, 0.2) is 29.6 Å². The van der Waals surface area contributed by atoms with Gasteiger partial charge in [-0.3, -0.25) is 9.69 Å². The van der Waals surface area contributed by atoms with E-state index in [2.05, 4.69) is 48.4 Å². The lowest BCUT2D eigenvalue weighted by molar-refractivity contribution is 0.0929. The molecule has 0 amide bonds. The molecule has 0 aliphatic rings. The highest BCUT2D eigenvalue weighted by molar-refractivity contribution is 7.09. The van der Waals surface area contributed by atoms with E-state index in [0.29, 0.717) is 6.54 Å². The van der Waals surface area contributed by atoms with E-state index in [1.54, 1.807) is 11.3 Å². The van der Waals surface area contributed by atoms with E-state index in [4.69, 9.17) is 0 Å². The quantitative estimate of drug-likeness (QED) is 0.738. The summed E-state index contributed by atoms with van der Waals surface area (Å²) >= 11 is 1.74. The zero-order valence-corrected chi connectivity index (χ0v) is 14.1. The number of Topliss-reactive ketones (excluding diaryl/α,β-unsaturated/α-hetero) is 1. The topological polar surface area (TPSA) is 20.3 Å². The summed E-state index contributed by atoms with van der Waals surface area (Å²) in [6, 6.07) is 8.37. The molecule has 21 heavy (non-hydrogen) atoms. The molecule has 3 heteroatoms. The summed E-state index contributed by atoms with van der Waals surface area (Å²) in [6.45, 7) is 10.5. The monoisotopic (exact) mass is 301 g/mol. The number of aryl methyl sites for hydroxylation is 3. The second kappa shape index (κ2) is 7.01. The minimum absolute atomic E-state index is 0.225. The molecule has 1 aromatic heterocycles. The molecule has 112 valence electrons. The first-order valence-electron chi connectivity index (χ1n) is 7.37. The van der Waals surface area contributed by atoms with Gasteiger partial charge in [0.2, 0.25) is 0 Å². The van der Waals surface area contributed by atoms with Crippen molar-refractivity contribution >= 4 is 17.1 Å². The Bertz CT molecular complexity index is 593. The molecule has 0 spiro atoms. The molecule has 2 aromatic rings. The largest absolute Gasteiger partial charge is 0.293 e. The van der Waals surface area contributed by atoms with Crippen LogP contribution in [0.1, 0.15) is 38.8 Å². The van der Waals surface area contributed by atoms with E-state index in [-0.39, 0.29) is 5.78 Å². The molecule has 0 saturated heterocycles. The van der Waals surface area contributed by atoms with Gasteiger partial charge < -0.3 is 0 Å². The van der Waals surface area contributed by atoms with Crippen LogP contribution in [0.2, 0.25) is 0 Å². The lowest BCUT2D eigenvalue weighted by Crippen LogP contribution is -2.29. The minimum atomic E-state index is 0.225. The van der Waals surface area contributed by atoms with Crippen molar-refractivity contribution in [2.75, 3.05) is 13.1 Å². The van der Waals surface area contributed by atoms with E-state index < -0.39 is 0 Å². The number of ketones is 1. The lowest BCUT2D eigenvalue weighted by atomic mass is 9.96. The molecule has 0 fully saturated rings. The highest BCUT2D eigenvalue weighted by Crippen LogP contribution is 2.18. The molecule has 0 aliphatic heterocycles. The molecule has 0 atom stereocenters. The number of hydrogen-bond acceptors (Lipinski definition) is 3. The Kier molecular flexibility index (Phi) is 5.32. The summed E-state index contributed by atoms with van der Waals surface area (Å²) in [6.07, 6.45) is 0. The van der Waals surface area contributed by atoms with Crippen LogP contribution in [-0.4, -0.2) is 23.8 Å². The van der Waals surface area contributed by atoms with Gasteiger partial charge in [0.25, 0.3) is 0 Å². The van der Waals surface area contributed by atoms with Crippen LogP contribution in [-0.2, 0) is 6.54 Å². The molecule has 0 unspecified atom stereocenters. The van der Waals surface area contributed by atoms with Gasteiger partial charge in [0, 0.05) is 17.0 Å². The standard InChI is InChI=1S/C18H23NOS/c1-5-19(11-16-7-6-8-21-16)12-17(20)18-14(3)9-13(2)10-15(18)4/h6-10H,5,11-12H2,1-4H3. The molecule has 0 N–H and O–H groups in total. The Hall–Kier alpha value is -1.45. The molecule has 2 nitrogen and oxygen atoms in total. The van der Waals surface area contributed by atoms with E-state index in [9.17, 15) is 4.79 Å². The molecule has 0 bridgehead atoms. The Labute approximate surface area is 131 Å². The van der Waals surface area contributed by atoms with Crippen molar-refractivity contribution in [1.29, 1.82) is 0 Å². The Morgan fingerprint density at radius 1 is 1.19 bits per heavy atom. The first-order chi connectivity index (χ1) is 10.0. The van der Waals surface area contributed by atoms with E-state index in [1.807, 2.05) is 13.8 Å². The van der Waals surface area contributed by atoms with Gasteiger partial charge in [0.05, 0.1) is 6.54 Å². The fourth-order valence-corrected chi connectivity index (χ4v) is 3.55. The predicted molar refractivity (Wildman–Crippen MR) is 90.3 cm³/mol. The number of hydrogen-bond donors (Lipinski definition) is 0. The Morgan fingerprint density at radius 2 is 1.86 bits per heavy atom. The second-order valence-electron chi connectivity index (χ2n) is 5.58. The highest BCUT2D eigenvalue weighted by Gasteiger charge is 2.16. The summed E-state index contributed by atoms with van der Waals surface area (Å²) in [5.41, 5.74) is 4.28. The van der Waals surface area contributed by atoms with Crippen molar-refractivity contribution in [3.8, 4) is 0 Å². The SMILES string of the molecule is CCN(CC(=O)c1c(C)cc(C)cc1C)Cc1cccs1. The summed E-state index contributed by atoms with van der Waals surface area (Å²) in [5, 5.41) is 2.08. The van der Waals surface area contributed by atoms with Crippen molar-refractivity contribution < 1.29 is 4.79 Å². The van der Waals surface area contributed by atoms with E-state index in [0.717, 1.165) is 29.8 Å². The van der Waals surface area contributed by atoms with Gasteiger partial charge >= 0.3 is 0 Å². The van der Waals surface area contributed by atoms with Crippen LogP contribution in [0.5, 0.6) is 0 Å². The van der Waals surface area contributed by atoms with Crippen molar-refractivity contribution in [3.05, 3.63) is 56.8 Å². The van der Waals surface area contributed by atoms with Gasteiger partial charge in [-0.2, -0.15) is 0 Å². The van der Waals surface area contributed by atoms with Crippen LogP contribution in [0.3, 0.4) is 0 Å². The fraction of sp³-hybridized carbons (Fsp3) is 0.389. The van der Waals surface area contributed by atoms with Crippen molar-refractivity contribution in [2.45, 2.75) is 34.2 Å². The fourth-order valence-electron chi connectivity index (χ4n) is 2.80. The summed E-state index contributed by atoms with van der Waals surface area (Å²) in [5.74, 6) is 0.225. The highest BCUT2D eigenvalue weighted by atomic mass is 32.1. The molecular weight excluding hydrogens is 278 g/mol. The van der Waals surface area contributed by atoms with Crippen molar-refractivity contribution in [2.24, 2.45) is 0 Å². The van der Waals surface area contributed by atoms with Crippen molar-refractivity contribution in [1.82, 2.24) is 4.90 Å².